The Morgan fingerprint density at radius 2 is 1.79 bits per heavy atom. The Morgan fingerprint density at radius 1 is 1.11 bits per heavy atom. The van der Waals surface area contributed by atoms with E-state index in [4.69, 9.17) is 9.47 Å². The molecule has 6 nitrogen and oxygen atoms in total. The molecule has 2 aromatic carbocycles. The second kappa shape index (κ2) is 9.26. The van der Waals surface area contributed by atoms with Crippen LogP contribution in [0.4, 0.5) is 0 Å². The summed E-state index contributed by atoms with van der Waals surface area (Å²) in [6, 6.07) is 15.3. The second-order valence-corrected chi connectivity index (χ2v) is 6.97. The number of nitrogens with zero attached hydrogens (tertiary/aromatic N) is 1. The molecule has 2 amide bonds. The minimum Gasteiger partial charge on any atom is -0.497 e. The van der Waals surface area contributed by atoms with Crippen LogP contribution in [0.1, 0.15) is 17.5 Å². The van der Waals surface area contributed by atoms with Crippen LogP contribution >= 0.6 is 0 Å². The highest BCUT2D eigenvalue weighted by Gasteiger charge is 2.33. The lowest BCUT2D eigenvalue weighted by Gasteiger charge is -2.17. The van der Waals surface area contributed by atoms with Gasteiger partial charge in [-0.15, -0.1) is 0 Å². The van der Waals surface area contributed by atoms with Crippen LogP contribution in [0.2, 0.25) is 0 Å². The standard InChI is InChI=1S/C22H26N2O4/c1-16-3-5-17(6-4-16)14-23-22(26)18-13-21(25)24(15-18)11-12-28-20-9-7-19(27-2)8-10-20/h3-10,18H,11-15H2,1-2H3,(H,23,26). The predicted molar refractivity (Wildman–Crippen MR) is 106 cm³/mol. The molecule has 0 aliphatic carbocycles. The summed E-state index contributed by atoms with van der Waals surface area (Å²) in [5.41, 5.74) is 2.23. The zero-order valence-electron chi connectivity index (χ0n) is 16.3. The van der Waals surface area contributed by atoms with Crippen LogP contribution in [-0.2, 0) is 16.1 Å². The van der Waals surface area contributed by atoms with Crippen LogP contribution in [-0.4, -0.2) is 43.5 Å². The zero-order valence-corrected chi connectivity index (χ0v) is 16.3. The fourth-order valence-corrected chi connectivity index (χ4v) is 3.15. The molecular formula is C22H26N2O4. The highest BCUT2D eigenvalue weighted by molar-refractivity contribution is 5.89. The van der Waals surface area contributed by atoms with Crippen LogP contribution in [0, 0.1) is 12.8 Å². The highest BCUT2D eigenvalue weighted by Crippen LogP contribution is 2.19. The Labute approximate surface area is 165 Å². The van der Waals surface area contributed by atoms with E-state index in [0.29, 0.717) is 26.2 Å². The molecule has 0 radical (unpaired) electrons. The molecule has 1 unspecified atom stereocenters. The van der Waals surface area contributed by atoms with Gasteiger partial charge in [0, 0.05) is 19.5 Å². The molecule has 1 fully saturated rings. The van der Waals surface area contributed by atoms with Crippen molar-refractivity contribution in [3.63, 3.8) is 0 Å². The maximum absolute atomic E-state index is 12.4. The van der Waals surface area contributed by atoms with Gasteiger partial charge in [-0.05, 0) is 36.8 Å². The number of amides is 2. The maximum Gasteiger partial charge on any atom is 0.225 e. The molecule has 1 N–H and O–H groups in total. The molecule has 148 valence electrons. The lowest BCUT2D eigenvalue weighted by Crippen LogP contribution is -2.34. The average Bonchev–Trinajstić information content (AvgIpc) is 3.08. The number of likely N-dealkylation sites (tertiary alicyclic amines) is 1. The number of nitrogens with one attached hydrogen (secondary N) is 1. The summed E-state index contributed by atoms with van der Waals surface area (Å²) in [5, 5.41) is 2.93. The molecular weight excluding hydrogens is 356 g/mol. The molecule has 28 heavy (non-hydrogen) atoms. The first-order valence-corrected chi connectivity index (χ1v) is 9.43. The highest BCUT2D eigenvalue weighted by atomic mass is 16.5. The van der Waals surface area contributed by atoms with Gasteiger partial charge in [0.15, 0.2) is 0 Å². The lowest BCUT2D eigenvalue weighted by molar-refractivity contribution is -0.129. The van der Waals surface area contributed by atoms with Crippen LogP contribution in [0.25, 0.3) is 0 Å². The Bertz CT molecular complexity index is 802. The first kappa shape index (κ1) is 19.7. The summed E-state index contributed by atoms with van der Waals surface area (Å²) < 4.78 is 10.8. The van der Waals surface area contributed by atoms with Crippen LogP contribution in [0.5, 0.6) is 11.5 Å². The van der Waals surface area contributed by atoms with Crippen molar-refractivity contribution in [1.29, 1.82) is 0 Å². The minimum atomic E-state index is -0.307. The summed E-state index contributed by atoms with van der Waals surface area (Å²) in [7, 11) is 1.61. The number of benzene rings is 2. The number of carbonyl (C=O) groups is 2. The minimum absolute atomic E-state index is 0.00573. The van der Waals surface area contributed by atoms with Crippen molar-refractivity contribution in [1.82, 2.24) is 10.2 Å². The summed E-state index contributed by atoms with van der Waals surface area (Å²) >= 11 is 0. The molecule has 6 heteroatoms. The largest absolute Gasteiger partial charge is 0.497 e. The zero-order chi connectivity index (χ0) is 19.9. The van der Waals surface area contributed by atoms with E-state index in [9.17, 15) is 9.59 Å². The van der Waals surface area contributed by atoms with E-state index >= 15 is 0 Å². The van der Waals surface area contributed by atoms with Gasteiger partial charge in [-0.25, -0.2) is 0 Å². The van der Waals surface area contributed by atoms with Gasteiger partial charge in [0.05, 0.1) is 19.6 Å². The number of methoxy groups -OCH3 is 1. The number of aryl methyl sites for hydroxylation is 1. The van der Waals surface area contributed by atoms with Crippen molar-refractivity contribution in [2.45, 2.75) is 19.9 Å². The normalized spacial score (nSPS) is 16.1. The van der Waals surface area contributed by atoms with Gasteiger partial charge in [0.1, 0.15) is 18.1 Å². The lowest BCUT2D eigenvalue weighted by atomic mass is 10.1. The van der Waals surface area contributed by atoms with Gasteiger partial charge in [-0.2, -0.15) is 0 Å². The molecule has 3 rings (SSSR count). The fourth-order valence-electron chi connectivity index (χ4n) is 3.15. The molecule has 0 aromatic heterocycles. The van der Waals surface area contributed by atoms with E-state index in [0.717, 1.165) is 17.1 Å². The topological polar surface area (TPSA) is 67.9 Å². The van der Waals surface area contributed by atoms with E-state index < -0.39 is 0 Å². The molecule has 0 spiro atoms. The Hall–Kier alpha value is -3.02. The SMILES string of the molecule is COc1ccc(OCCN2CC(C(=O)NCc3ccc(C)cc3)CC2=O)cc1. The molecule has 1 aliphatic rings. The Morgan fingerprint density at radius 3 is 2.46 bits per heavy atom. The van der Waals surface area contributed by atoms with Gasteiger partial charge >= 0.3 is 0 Å². The van der Waals surface area contributed by atoms with Gasteiger partial charge in [0.25, 0.3) is 0 Å². The monoisotopic (exact) mass is 382 g/mol. The molecule has 1 atom stereocenters. The molecule has 1 aliphatic heterocycles. The van der Waals surface area contributed by atoms with Crippen molar-refractivity contribution < 1.29 is 19.1 Å². The van der Waals surface area contributed by atoms with E-state index in [1.54, 1.807) is 12.0 Å². The van der Waals surface area contributed by atoms with Crippen molar-refractivity contribution in [2.75, 3.05) is 26.8 Å². The first-order chi connectivity index (χ1) is 13.5. The molecule has 0 bridgehead atoms. The number of ether oxygens (including phenoxy) is 2. The van der Waals surface area contributed by atoms with E-state index in [-0.39, 0.29) is 24.2 Å². The molecule has 2 aromatic rings. The summed E-state index contributed by atoms with van der Waals surface area (Å²) in [6.45, 7) is 3.79. The van der Waals surface area contributed by atoms with Crippen molar-refractivity contribution in [3.8, 4) is 11.5 Å². The van der Waals surface area contributed by atoms with Gasteiger partial charge in [-0.1, -0.05) is 29.8 Å². The van der Waals surface area contributed by atoms with Gasteiger partial charge < -0.3 is 19.7 Å². The third kappa shape index (κ3) is 5.25. The van der Waals surface area contributed by atoms with E-state index in [1.807, 2.05) is 55.5 Å². The maximum atomic E-state index is 12.4. The van der Waals surface area contributed by atoms with E-state index in [1.165, 1.54) is 5.56 Å². The van der Waals surface area contributed by atoms with Gasteiger partial charge in [0.2, 0.25) is 11.8 Å². The first-order valence-electron chi connectivity index (χ1n) is 9.43. The average molecular weight is 382 g/mol. The van der Waals surface area contributed by atoms with Crippen LogP contribution in [0.15, 0.2) is 48.5 Å². The van der Waals surface area contributed by atoms with Crippen molar-refractivity contribution in [3.05, 3.63) is 59.7 Å². The summed E-state index contributed by atoms with van der Waals surface area (Å²) in [6.07, 6.45) is 0.252. The number of rotatable bonds is 8. The molecule has 1 saturated heterocycles. The second-order valence-electron chi connectivity index (χ2n) is 6.97. The van der Waals surface area contributed by atoms with Crippen LogP contribution < -0.4 is 14.8 Å². The predicted octanol–water partition coefficient (Wildman–Crippen LogP) is 2.55. The summed E-state index contributed by atoms with van der Waals surface area (Å²) in [5.74, 6) is 1.10. The van der Waals surface area contributed by atoms with Gasteiger partial charge in [-0.3, -0.25) is 9.59 Å². The molecule has 1 heterocycles. The number of hydrogen-bond donors (Lipinski definition) is 1. The van der Waals surface area contributed by atoms with Crippen molar-refractivity contribution >= 4 is 11.8 Å². The van der Waals surface area contributed by atoms with Crippen LogP contribution in [0.3, 0.4) is 0 Å². The third-order valence-electron chi connectivity index (χ3n) is 4.86. The quantitative estimate of drug-likeness (QED) is 0.762. The summed E-state index contributed by atoms with van der Waals surface area (Å²) in [4.78, 5) is 26.3. The Balaban J connectivity index is 1.42. The third-order valence-corrected chi connectivity index (χ3v) is 4.86. The van der Waals surface area contributed by atoms with E-state index in [2.05, 4.69) is 5.32 Å². The number of carbonyl (C=O) groups excluding carboxylic acids is 2. The fraction of sp³-hybridized carbons (Fsp3) is 0.364. The van der Waals surface area contributed by atoms with Crippen molar-refractivity contribution in [2.24, 2.45) is 5.92 Å². The molecule has 0 saturated carbocycles. The smallest absolute Gasteiger partial charge is 0.225 e. The number of hydrogen-bond acceptors (Lipinski definition) is 4. The Kier molecular flexibility index (Phi) is 6.53.